The van der Waals surface area contributed by atoms with E-state index in [0.29, 0.717) is 7.92 Å². The molecule has 0 aliphatic rings. The predicted octanol–water partition coefficient (Wildman–Crippen LogP) is 3.43. The first-order chi connectivity index (χ1) is 4.68. The van der Waals surface area contributed by atoms with Crippen LogP contribution < -0.4 is 0 Å². The molecular weight excluding hydrogens is 376 g/mol. The molecule has 0 atom stereocenters. The number of hydrogen-bond donors (Lipinski definition) is 0. The normalized spacial score (nSPS) is 10.5. The van der Waals surface area contributed by atoms with Gasteiger partial charge in [-0.3, -0.25) is 0 Å². The van der Waals surface area contributed by atoms with Gasteiger partial charge in [-0.1, -0.05) is 0 Å². The fourth-order valence-corrected chi connectivity index (χ4v) is 0. The summed E-state index contributed by atoms with van der Waals surface area (Å²) in [5.41, 5.74) is 0. The fourth-order valence-electron chi connectivity index (χ4n) is 0. The van der Waals surface area contributed by atoms with Gasteiger partial charge in [-0.2, -0.15) is 0 Å². The van der Waals surface area contributed by atoms with Gasteiger partial charge < -0.3 is 8.78 Å². The van der Waals surface area contributed by atoms with Crippen LogP contribution in [0.1, 0.15) is 6.92 Å². The number of halogens is 4. The van der Waals surface area contributed by atoms with Crippen LogP contribution in [-0.2, 0) is 22.4 Å². The van der Waals surface area contributed by atoms with E-state index in [0.717, 1.165) is 0 Å². The molecule has 0 aromatic rings. The van der Waals surface area contributed by atoms with E-state index in [4.69, 9.17) is 0 Å². The molecule has 0 amide bonds. The summed E-state index contributed by atoms with van der Waals surface area (Å²) in [5.74, 6) is -3.92. The minimum absolute atomic E-state index is 0. The van der Waals surface area contributed by atoms with Crippen LogP contribution in [0.5, 0.6) is 0 Å². The van der Waals surface area contributed by atoms with E-state index in [-0.39, 0.29) is 29.3 Å². The Kier molecular flexibility index (Phi) is 13.2. The average Bonchev–Trinajstić information content (AvgIpc) is 1.59. The molecule has 0 spiro atoms. The van der Waals surface area contributed by atoms with Gasteiger partial charge in [-0.15, -0.1) is 7.92 Å². The largest absolute Gasteiger partial charge is 1.00 e. The van der Waals surface area contributed by atoms with E-state index in [1.54, 1.807) is 0 Å². The van der Waals surface area contributed by atoms with Crippen LogP contribution in [0, 0.1) is 6.43 Å². The Hall–Kier alpha value is 0.890. The summed E-state index contributed by atoms with van der Waals surface area (Å²) in [4.78, 5) is 0. The van der Waals surface area contributed by atoms with Crippen LogP contribution in [-0.4, -0.2) is 25.9 Å². The van der Waals surface area contributed by atoms with E-state index in [2.05, 4.69) is 20.0 Å². The third-order valence-electron chi connectivity index (χ3n) is 0.332. The Morgan fingerprint density at radius 3 is 1.17 bits per heavy atom. The quantitative estimate of drug-likeness (QED) is 0.280. The minimum Gasteiger partial charge on any atom is -0.415 e. The summed E-state index contributed by atoms with van der Waals surface area (Å²) < 4.78 is 43.5. The van der Waals surface area contributed by atoms with Gasteiger partial charge in [-0.25, -0.2) is 8.78 Å². The van der Waals surface area contributed by atoms with Gasteiger partial charge in [0.15, 0.2) is 5.92 Å². The van der Waals surface area contributed by atoms with Gasteiger partial charge >= 0.3 is 22.4 Å². The molecule has 0 aliphatic carbocycles. The average molecular weight is 388 g/mol. The molecule has 80 valence electrons. The first-order valence-corrected chi connectivity index (χ1v) is 5.53. The summed E-state index contributed by atoms with van der Waals surface area (Å²) >= 11 is 0. The molecule has 0 aliphatic heterocycles. The van der Waals surface area contributed by atoms with Gasteiger partial charge in [0.25, 0.3) is 0 Å². The molecular formula is C6H12AuF4P. The molecule has 0 nitrogen and oxygen atoms in total. The fraction of sp³-hybridized carbons (Fsp3) is 0.833. The molecule has 0 aromatic carbocycles. The van der Waals surface area contributed by atoms with Crippen LogP contribution in [0.15, 0.2) is 0 Å². The Bertz CT molecular complexity index is 89.3. The Labute approximate surface area is 87.4 Å². The van der Waals surface area contributed by atoms with Crippen molar-refractivity contribution >= 4 is 7.92 Å². The van der Waals surface area contributed by atoms with E-state index in [1.165, 1.54) is 0 Å². The van der Waals surface area contributed by atoms with Gasteiger partial charge in [0.05, 0.1) is 6.43 Å². The standard InChI is InChI=1S/C3H3F4.C3H9P.Au/c1-3(6,7)2(4)5;1-4(2)3;/h1H3;1-3H3;/q-1;;+1. The van der Waals surface area contributed by atoms with E-state index in [9.17, 15) is 17.6 Å². The van der Waals surface area contributed by atoms with Gasteiger partial charge in [0.2, 0.25) is 0 Å². The summed E-state index contributed by atoms with van der Waals surface area (Å²) in [6.45, 7) is 6.84. The Morgan fingerprint density at radius 1 is 1.08 bits per heavy atom. The first kappa shape index (κ1) is 18.6. The van der Waals surface area contributed by atoms with Gasteiger partial charge in [0.1, 0.15) is 0 Å². The molecule has 0 N–H and O–H groups in total. The van der Waals surface area contributed by atoms with Crippen molar-refractivity contribution in [2.75, 3.05) is 20.0 Å². The number of alkyl halides is 2. The van der Waals surface area contributed by atoms with E-state index >= 15 is 0 Å². The van der Waals surface area contributed by atoms with Crippen molar-refractivity contribution in [2.24, 2.45) is 0 Å². The van der Waals surface area contributed by atoms with Crippen molar-refractivity contribution in [3.8, 4) is 0 Å². The zero-order valence-electron chi connectivity index (χ0n) is 7.26. The number of hydrogen-bond acceptors (Lipinski definition) is 0. The summed E-state index contributed by atoms with van der Waals surface area (Å²) in [6, 6.07) is 0. The van der Waals surface area contributed by atoms with Crippen molar-refractivity contribution in [1.82, 2.24) is 0 Å². The SMILES string of the molecule is CC(F)(F)[C-](F)F.CP(C)C.[Au+]. The molecule has 0 saturated heterocycles. The van der Waals surface area contributed by atoms with Crippen molar-refractivity contribution < 1.29 is 39.9 Å². The van der Waals surface area contributed by atoms with E-state index in [1.807, 2.05) is 0 Å². The molecule has 12 heavy (non-hydrogen) atoms. The second-order valence-corrected chi connectivity index (χ2v) is 5.17. The molecule has 6 heteroatoms. The van der Waals surface area contributed by atoms with Crippen LogP contribution in [0.4, 0.5) is 17.6 Å². The summed E-state index contributed by atoms with van der Waals surface area (Å²) in [5, 5.41) is 0. The van der Waals surface area contributed by atoms with Gasteiger partial charge in [-0.05, 0) is 26.9 Å². The second-order valence-electron chi connectivity index (χ2n) is 2.49. The van der Waals surface area contributed by atoms with Crippen molar-refractivity contribution in [3.05, 3.63) is 6.43 Å². The smallest absolute Gasteiger partial charge is 0.415 e. The third kappa shape index (κ3) is 22.4. The summed E-state index contributed by atoms with van der Waals surface area (Å²) in [6.07, 6.45) is -2.84. The maximum atomic E-state index is 11.1. The third-order valence-corrected chi connectivity index (χ3v) is 0.332. The molecule has 0 saturated carbocycles. The topological polar surface area (TPSA) is 0 Å². The molecule has 0 aromatic heterocycles. The Morgan fingerprint density at radius 2 is 1.17 bits per heavy atom. The zero-order valence-corrected chi connectivity index (χ0v) is 10.3. The van der Waals surface area contributed by atoms with Crippen molar-refractivity contribution in [1.29, 1.82) is 0 Å². The molecule has 0 bridgehead atoms. The van der Waals surface area contributed by atoms with Crippen LogP contribution >= 0.6 is 7.92 Å². The molecule has 0 radical (unpaired) electrons. The monoisotopic (exact) mass is 388 g/mol. The van der Waals surface area contributed by atoms with Crippen molar-refractivity contribution in [2.45, 2.75) is 12.8 Å². The van der Waals surface area contributed by atoms with Crippen molar-refractivity contribution in [3.63, 3.8) is 0 Å². The first-order valence-electron chi connectivity index (χ1n) is 2.85. The van der Waals surface area contributed by atoms with Crippen LogP contribution in [0.2, 0.25) is 0 Å². The minimum atomic E-state index is -3.92. The molecule has 0 fully saturated rings. The number of rotatable bonds is 1. The Balaban J connectivity index is -0.000000142. The van der Waals surface area contributed by atoms with E-state index < -0.39 is 12.3 Å². The van der Waals surface area contributed by atoms with Crippen LogP contribution in [0.3, 0.4) is 0 Å². The molecule has 0 rings (SSSR count). The zero-order chi connectivity index (χ0) is 9.65. The maximum absolute atomic E-state index is 11.1. The summed E-state index contributed by atoms with van der Waals surface area (Å²) in [7, 11) is 0.380. The molecule has 0 heterocycles. The maximum Gasteiger partial charge on any atom is 1.00 e. The second kappa shape index (κ2) is 8.49. The van der Waals surface area contributed by atoms with Crippen LogP contribution in [0.25, 0.3) is 0 Å². The van der Waals surface area contributed by atoms with Gasteiger partial charge in [0, 0.05) is 0 Å². The predicted molar refractivity (Wildman–Crippen MR) is 40.8 cm³/mol. The molecule has 0 unspecified atom stereocenters.